The van der Waals surface area contributed by atoms with Gasteiger partial charge in [-0.3, -0.25) is 4.79 Å². The van der Waals surface area contributed by atoms with Crippen LogP contribution >= 0.6 is 23.1 Å². The second-order valence-corrected chi connectivity index (χ2v) is 7.24. The van der Waals surface area contributed by atoms with E-state index in [4.69, 9.17) is 0 Å². The van der Waals surface area contributed by atoms with E-state index in [1.807, 2.05) is 38.1 Å². The number of benzene rings is 1. The number of aromatic amines is 1. The van der Waals surface area contributed by atoms with Gasteiger partial charge < -0.3 is 4.98 Å². The lowest BCUT2D eigenvalue weighted by Crippen LogP contribution is -2.02. The van der Waals surface area contributed by atoms with E-state index >= 15 is 0 Å². The fraction of sp³-hybridized carbons (Fsp3) is 0.188. The molecule has 0 spiro atoms. The van der Waals surface area contributed by atoms with Gasteiger partial charge in [-0.2, -0.15) is 0 Å². The number of thiophene rings is 1. The van der Waals surface area contributed by atoms with E-state index < -0.39 is 0 Å². The van der Waals surface area contributed by atoms with Crippen LogP contribution < -0.4 is 0 Å². The number of Topliss-reactive ketones (excluding diaryl/α,β-unsaturated/α-hetero) is 1. The number of para-hydroxylation sites is 1. The number of hydrogen-bond acceptors (Lipinski definition) is 3. The van der Waals surface area contributed by atoms with Crippen molar-refractivity contribution in [2.75, 3.05) is 5.75 Å². The first kappa shape index (κ1) is 13.5. The van der Waals surface area contributed by atoms with E-state index in [0.29, 0.717) is 5.75 Å². The average molecular weight is 301 g/mol. The molecule has 0 amide bonds. The van der Waals surface area contributed by atoms with E-state index in [-0.39, 0.29) is 5.78 Å². The predicted molar refractivity (Wildman–Crippen MR) is 87.1 cm³/mol. The summed E-state index contributed by atoms with van der Waals surface area (Å²) in [5.41, 5.74) is 1.99. The van der Waals surface area contributed by atoms with Crippen molar-refractivity contribution in [3.8, 4) is 0 Å². The molecule has 0 aliphatic carbocycles. The molecule has 0 saturated heterocycles. The molecule has 0 fully saturated rings. The number of rotatable bonds is 4. The maximum Gasteiger partial charge on any atom is 0.174 e. The second-order valence-electron chi connectivity index (χ2n) is 4.76. The van der Waals surface area contributed by atoms with Crippen LogP contribution in [0.1, 0.15) is 20.1 Å². The van der Waals surface area contributed by atoms with Gasteiger partial charge in [0.2, 0.25) is 0 Å². The van der Waals surface area contributed by atoms with Crippen LogP contribution in [-0.4, -0.2) is 16.5 Å². The lowest BCUT2D eigenvalue weighted by Gasteiger charge is -1.98. The third kappa shape index (κ3) is 2.67. The van der Waals surface area contributed by atoms with Crippen LogP contribution in [0.4, 0.5) is 0 Å². The Bertz CT molecular complexity index is 737. The molecule has 1 aromatic carbocycles. The molecule has 102 valence electrons. The third-order valence-corrected chi connectivity index (χ3v) is 5.11. The first-order valence-electron chi connectivity index (χ1n) is 6.44. The van der Waals surface area contributed by atoms with Gasteiger partial charge in [0.1, 0.15) is 0 Å². The molecule has 1 N–H and O–H groups in total. The Morgan fingerprint density at radius 2 is 2.05 bits per heavy atom. The monoisotopic (exact) mass is 301 g/mol. The van der Waals surface area contributed by atoms with Gasteiger partial charge in [-0.15, -0.1) is 23.1 Å². The third-order valence-electron chi connectivity index (χ3n) is 3.21. The molecule has 3 aromatic rings. The summed E-state index contributed by atoms with van der Waals surface area (Å²) in [6.07, 6.45) is 0. The SMILES string of the molecule is Cc1cc(C(=O)CSc2cc3ccccc3[nH]2)c(C)s1. The fourth-order valence-corrected chi connectivity index (χ4v) is 4.03. The molecule has 0 radical (unpaired) electrons. The van der Waals surface area contributed by atoms with Crippen molar-refractivity contribution >= 4 is 39.8 Å². The van der Waals surface area contributed by atoms with E-state index in [2.05, 4.69) is 17.1 Å². The van der Waals surface area contributed by atoms with Gasteiger partial charge in [-0.05, 0) is 32.0 Å². The Labute approximate surface area is 126 Å². The van der Waals surface area contributed by atoms with Crippen molar-refractivity contribution < 1.29 is 4.79 Å². The minimum atomic E-state index is 0.204. The zero-order chi connectivity index (χ0) is 14.1. The molecular formula is C16H15NOS2. The Morgan fingerprint density at radius 3 is 2.75 bits per heavy atom. The van der Waals surface area contributed by atoms with Crippen molar-refractivity contribution in [1.82, 2.24) is 4.98 Å². The van der Waals surface area contributed by atoms with Crippen LogP contribution in [0.15, 0.2) is 41.4 Å². The van der Waals surface area contributed by atoms with Crippen molar-refractivity contribution in [3.63, 3.8) is 0 Å². The molecule has 0 saturated carbocycles. The standard InChI is InChI=1S/C16H15NOS2/c1-10-7-13(11(2)20-10)15(18)9-19-16-8-12-5-3-4-6-14(12)17-16/h3-8,17H,9H2,1-2H3. The minimum Gasteiger partial charge on any atom is -0.350 e. The van der Waals surface area contributed by atoms with Crippen molar-refractivity contribution in [2.24, 2.45) is 0 Å². The maximum atomic E-state index is 12.2. The maximum absolute atomic E-state index is 12.2. The first-order chi connectivity index (χ1) is 9.63. The van der Waals surface area contributed by atoms with Crippen molar-refractivity contribution in [3.05, 3.63) is 51.7 Å². The normalized spacial score (nSPS) is 11.1. The van der Waals surface area contributed by atoms with Gasteiger partial charge in [0.25, 0.3) is 0 Å². The summed E-state index contributed by atoms with van der Waals surface area (Å²) in [4.78, 5) is 17.9. The summed E-state index contributed by atoms with van der Waals surface area (Å²) in [7, 11) is 0. The Morgan fingerprint density at radius 1 is 1.25 bits per heavy atom. The van der Waals surface area contributed by atoms with Crippen LogP contribution in [-0.2, 0) is 0 Å². The van der Waals surface area contributed by atoms with Gasteiger partial charge >= 0.3 is 0 Å². The number of carbonyl (C=O) groups is 1. The smallest absolute Gasteiger partial charge is 0.174 e. The van der Waals surface area contributed by atoms with Gasteiger partial charge in [0.05, 0.1) is 10.8 Å². The molecule has 2 heterocycles. The van der Waals surface area contributed by atoms with Gasteiger partial charge in [-0.1, -0.05) is 18.2 Å². The molecule has 2 aromatic heterocycles. The highest BCUT2D eigenvalue weighted by Crippen LogP contribution is 2.26. The number of carbonyl (C=O) groups excluding carboxylic acids is 1. The van der Waals surface area contributed by atoms with Crippen LogP contribution in [0.3, 0.4) is 0 Å². The highest BCUT2D eigenvalue weighted by molar-refractivity contribution is 8.00. The number of nitrogens with one attached hydrogen (secondary N) is 1. The summed E-state index contributed by atoms with van der Waals surface area (Å²) in [5, 5.41) is 2.23. The number of thioether (sulfide) groups is 1. The Kier molecular flexibility index (Phi) is 3.68. The molecular weight excluding hydrogens is 286 g/mol. The highest BCUT2D eigenvalue weighted by atomic mass is 32.2. The van der Waals surface area contributed by atoms with Gasteiger partial charge in [0, 0.05) is 26.2 Å². The molecule has 0 bridgehead atoms. The summed E-state index contributed by atoms with van der Waals surface area (Å²) < 4.78 is 0. The summed E-state index contributed by atoms with van der Waals surface area (Å²) in [6.45, 7) is 4.05. The number of H-pyrrole nitrogens is 1. The van der Waals surface area contributed by atoms with Gasteiger partial charge in [0.15, 0.2) is 5.78 Å². The van der Waals surface area contributed by atoms with E-state index in [1.54, 1.807) is 23.1 Å². The molecule has 0 atom stereocenters. The Hall–Kier alpha value is -1.52. The van der Waals surface area contributed by atoms with Crippen LogP contribution in [0.5, 0.6) is 0 Å². The molecule has 0 aliphatic heterocycles. The Balaban J connectivity index is 1.73. The van der Waals surface area contributed by atoms with Gasteiger partial charge in [-0.25, -0.2) is 0 Å². The second kappa shape index (κ2) is 5.46. The predicted octanol–water partition coefficient (Wildman–Crippen LogP) is 4.82. The highest BCUT2D eigenvalue weighted by Gasteiger charge is 2.12. The quantitative estimate of drug-likeness (QED) is 0.553. The average Bonchev–Trinajstić information content (AvgIpc) is 2.98. The summed E-state index contributed by atoms with van der Waals surface area (Å²) in [5.74, 6) is 0.680. The molecule has 3 rings (SSSR count). The topological polar surface area (TPSA) is 32.9 Å². The van der Waals surface area contributed by atoms with Crippen molar-refractivity contribution in [2.45, 2.75) is 18.9 Å². The summed E-state index contributed by atoms with van der Waals surface area (Å²) >= 11 is 3.25. The number of fused-ring (bicyclic) bond motifs is 1. The molecule has 20 heavy (non-hydrogen) atoms. The molecule has 0 aliphatic rings. The number of aryl methyl sites for hydroxylation is 2. The number of hydrogen-bond donors (Lipinski definition) is 1. The van der Waals surface area contributed by atoms with Crippen molar-refractivity contribution in [1.29, 1.82) is 0 Å². The van der Waals surface area contributed by atoms with Crippen LogP contribution in [0.2, 0.25) is 0 Å². The largest absolute Gasteiger partial charge is 0.350 e. The number of ketones is 1. The number of aromatic nitrogens is 1. The van der Waals surface area contributed by atoms with Crippen LogP contribution in [0.25, 0.3) is 10.9 Å². The lowest BCUT2D eigenvalue weighted by atomic mass is 10.2. The van der Waals surface area contributed by atoms with E-state index in [0.717, 1.165) is 21.0 Å². The van der Waals surface area contributed by atoms with Crippen LogP contribution in [0, 0.1) is 13.8 Å². The van der Waals surface area contributed by atoms with E-state index in [1.165, 1.54) is 10.3 Å². The van der Waals surface area contributed by atoms with E-state index in [9.17, 15) is 4.79 Å². The lowest BCUT2D eigenvalue weighted by molar-refractivity contribution is 0.102. The minimum absolute atomic E-state index is 0.204. The zero-order valence-corrected chi connectivity index (χ0v) is 13.0. The first-order valence-corrected chi connectivity index (χ1v) is 8.24. The fourth-order valence-electron chi connectivity index (χ4n) is 2.25. The molecule has 0 unspecified atom stereocenters. The molecule has 4 heteroatoms. The molecule has 2 nitrogen and oxygen atoms in total. The summed E-state index contributed by atoms with van der Waals surface area (Å²) in [6, 6.07) is 12.2. The zero-order valence-electron chi connectivity index (χ0n) is 11.4.